The van der Waals surface area contributed by atoms with Crippen LogP contribution in [-0.4, -0.2) is 12.8 Å². The molecule has 0 aromatic heterocycles. The number of hydrogen-bond donors (Lipinski definition) is 1. The molecule has 0 aliphatic carbocycles. The van der Waals surface area contributed by atoms with E-state index in [9.17, 15) is 9.18 Å². The molecule has 2 rings (SSSR count). The van der Waals surface area contributed by atoms with Crippen molar-refractivity contribution >= 4 is 27.4 Å². The fourth-order valence-corrected chi connectivity index (χ4v) is 2.07. The van der Waals surface area contributed by atoms with Crippen molar-refractivity contribution in [1.29, 1.82) is 0 Å². The molecule has 0 spiro atoms. The summed E-state index contributed by atoms with van der Waals surface area (Å²) in [5.74, 6) is -0.844. The first-order chi connectivity index (χ1) is 8.63. The normalized spacial score (nSPS) is 10.2. The molecule has 18 heavy (non-hydrogen) atoms. The summed E-state index contributed by atoms with van der Waals surface area (Å²) in [4.78, 5) is 12.3. The fourth-order valence-electron chi connectivity index (χ4n) is 1.71. The fraction of sp³-hybridized carbons (Fsp3) is 0.0714. The maximum Gasteiger partial charge on any atom is 0.198 e. The zero-order valence-corrected chi connectivity index (χ0v) is 11.3. The van der Waals surface area contributed by atoms with Gasteiger partial charge in [-0.1, -0.05) is 28.1 Å². The van der Waals surface area contributed by atoms with Gasteiger partial charge in [0.05, 0.1) is 5.56 Å². The smallest absolute Gasteiger partial charge is 0.198 e. The van der Waals surface area contributed by atoms with Crippen LogP contribution in [0.2, 0.25) is 0 Å². The van der Waals surface area contributed by atoms with Gasteiger partial charge < -0.3 is 5.32 Å². The lowest BCUT2D eigenvalue weighted by atomic mass is 10.0. The van der Waals surface area contributed by atoms with E-state index in [1.54, 1.807) is 31.3 Å². The lowest BCUT2D eigenvalue weighted by Crippen LogP contribution is -2.07. The number of anilines is 1. The minimum absolute atomic E-state index is 0.0760. The van der Waals surface area contributed by atoms with E-state index < -0.39 is 5.82 Å². The lowest BCUT2D eigenvalue weighted by Gasteiger charge is -2.09. The van der Waals surface area contributed by atoms with Gasteiger partial charge in [-0.3, -0.25) is 4.79 Å². The summed E-state index contributed by atoms with van der Waals surface area (Å²) in [7, 11) is 1.72. The molecule has 0 radical (unpaired) electrons. The summed E-state index contributed by atoms with van der Waals surface area (Å²) in [6, 6.07) is 11.3. The molecule has 2 aromatic carbocycles. The maximum absolute atomic E-state index is 13.6. The molecule has 0 bridgehead atoms. The Morgan fingerprint density at radius 3 is 2.56 bits per heavy atom. The van der Waals surface area contributed by atoms with Crippen molar-refractivity contribution in [3.63, 3.8) is 0 Å². The Hall–Kier alpha value is -1.68. The van der Waals surface area contributed by atoms with Gasteiger partial charge in [0, 0.05) is 22.8 Å². The highest BCUT2D eigenvalue weighted by molar-refractivity contribution is 9.10. The zero-order valence-electron chi connectivity index (χ0n) is 9.71. The molecular weight excluding hydrogens is 297 g/mol. The largest absolute Gasteiger partial charge is 0.388 e. The molecule has 2 aromatic rings. The molecule has 4 heteroatoms. The van der Waals surface area contributed by atoms with E-state index in [-0.39, 0.29) is 11.3 Å². The molecule has 2 nitrogen and oxygen atoms in total. The molecule has 92 valence electrons. The quantitative estimate of drug-likeness (QED) is 0.872. The number of carbonyl (C=O) groups is 1. The second kappa shape index (κ2) is 5.31. The third-order valence-corrected chi connectivity index (χ3v) is 3.11. The van der Waals surface area contributed by atoms with E-state index >= 15 is 0 Å². The van der Waals surface area contributed by atoms with Crippen molar-refractivity contribution in [3.05, 3.63) is 63.9 Å². The van der Waals surface area contributed by atoms with Crippen LogP contribution in [0.15, 0.2) is 46.9 Å². The van der Waals surface area contributed by atoms with Gasteiger partial charge in [0.25, 0.3) is 0 Å². The van der Waals surface area contributed by atoms with Crippen molar-refractivity contribution in [3.8, 4) is 0 Å². The van der Waals surface area contributed by atoms with Gasteiger partial charge in [-0.05, 0) is 30.3 Å². The number of halogens is 2. The Bertz CT molecular complexity index is 598. The third-order valence-electron chi connectivity index (χ3n) is 2.61. The number of ketones is 1. The highest BCUT2D eigenvalue weighted by atomic mass is 79.9. The van der Waals surface area contributed by atoms with E-state index in [1.165, 1.54) is 12.1 Å². The van der Waals surface area contributed by atoms with Crippen LogP contribution in [0.5, 0.6) is 0 Å². The molecule has 0 fully saturated rings. The van der Waals surface area contributed by atoms with Crippen LogP contribution in [0.3, 0.4) is 0 Å². The number of hydrogen-bond acceptors (Lipinski definition) is 2. The van der Waals surface area contributed by atoms with Gasteiger partial charge in [0.15, 0.2) is 5.78 Å². The van der Waals surface area contributed by atoms with Crippen LogP contribution in [0, 0.1) is 5.82 Å². The van der Waals surface area contributed by atoms with Crippen LogP contribution in [-0.2, 0) is 0 Å². The molecule has 0 unspecified atom stereocenters. The van der Waals surface area contributed by atoms with Crippen LogP contribution in [0.1, 0.15) is 15.9 Å². The monoisotopic (exact) mass is 307 g/mol. The Morgan fingerprint density at radius 1 is 1.17 bits per heavy atom. The molecule has 0 atom stereocenters. The first-order valence-electron chi connectivity index (χ1n) is 5.40. The molecular formula is C14H11BrFNO. The van der Waals surface area contributed by atoms with Crippen LogP contribution >= 0.6 is 15.9 Å². The molecule has 0 aliphatic heterocycles. The van der Waals surface area contributed by atoms with E-state index in [1.807, 2.05) is 6.07 Å². The number of benzene rings is 2. The average molecular weight is 308 g/mol. The Morgan fingerprint density at radius 2 is 1.89 bits per heavy atom. The van der Waals surface area contributed by atoms with Gasteiger partial charge in [-0.2, -0.15) is 0 Å². The minimum atomic E-state index is -0.510. The third kappa shape index (κ3) is 2.43. The van der Waals surface area contributed by atoms with Gasteiger partial charge >= 0.3 is 0 Å². The SMILES string of the molecule is CNc1ccc(Br)cc1C(=O)c1ccccc1F. The molecule has 1 N–H and O–H groups in total. The van der Waals surface area contributed by atoms with Gasteiger partial charge in [-0.25, -0.2) is 4.39 Å². The first-order valence-corrected chi connectivity index (χ1v) is 6.19. The van der Waals surface area contributed by atoms with Crippen LogP contribution in [0.25, 0.3) is 0 Å². The van der Waals surface area contributed by atoms with E-state index in [0.717, 1.165) is 4.47 Å². The van der Waals surface area contributed by atoms with Crippen molar-refractivity contribution in [2.75, 3.05) is 12.4 Å². The van der Waals surface area contributed by atoms with Gasteiger partial charge in [0.2, 0.25) is 0 Å². The van der Waals surface area contributed by atoms with Crippen molar-refractivity contribution in [2.24, 2.45) is 0 Å². The number of nitrogens with one attached hydrogen (secondary N) is 1. The highest BCUT2D eigenvalue weighted by Crippen LogP contribution is 2.24. The van der Waals surface area contributed by atoms with E-state index in [0.29, 0.717) is 11.3 Å². The summed E-state index contributed by atoms with van der Waals surface area (Å²) in [5.41, 5.74) is 1.19. The topological polar surface area (TPSA) is 29.1 Å². The minimum Gasteiger partial charge on any atom is -0.388 e. The molecule has 0 heterocycles. The van der Waals surface area contributed by atoms with E-state index in [2.05, 4.69) is 21.2 Å². The summed E-state index contributed by atoms with van der Waals surface area (Å²) in [6.07, 6.45) is 0. The predicted octanol–water partition coefficient (Wildman–Crippen LogP) is 3.86. The van der Waals surface area contributed by atoms with Crippen molar-refractivity contribution in [2.45, 2.75) is 0 Å². The Kier molecular flexibility index (Phi) is 3.77. The number of rotatable bonds is 3. The summed E-state index contributed by atoms with van der Waals surface area (Å²) < 4.78 is 14.4. The Labute approximate surface area is 113 Å². The second-order valence-corrected chi connectivity index (χ2v) is 4.66. The zero-order chi connectivity index (χ0) is 13.1. The van der Waals surface area contributed by atoms with Crippen molar-refractivity contribution in [1.82, 2.24) is 0 Å². The molecule has 0 saturated heterocycles. The summed E-state index contributed by atoms with van der Waals surface area (Å²) in [6.45, 7) is 0. The lowest BCUT2D eigenvalue weighted by molar-refractivity contribution is 0.103. The van der Waals surface area contributed by atoms with Crippen LogP contribution in [0.4, 0.5) is 10.1 Å². The highest BCUT2D eigenvalue weighted by Gasteiger charge is 2.16. The van der Waals surface area contributed by atoms with Crippen molar-refractivity contribution < 1.29 is 9.18 Å². The first kappa shape index (κ1) is 12.8. The van der Waals surface area contributed by atoms with Gasteiger partial charge in [0.1, 0.15) is 5.82 Å². The second-order valence-electron chi connectivity index (χ2n) is 3.75. The van der Waals surface area contributed by atoms with Gasteiger partial charge in [-0.15, -0.1) is 0 Å². The van der Waals surface area contributed by atoms with Crippen LogP contribution < -0.4 is 5.32 Å². The molecule has 0 saturated carbocycles. The summed E-state index contributed by atoms with van der Waals surface area (Å²) in [5, 5.41) is 2.93. The standard InChI is InChI=1S/C14H11BrFNO/c1-17-13-7-6-9(15)8-11(13)14(18)10-4-2-3-5-12(10)16/h2-8,17H,1H3. The Balaban J connectivity index is 2.52. The summed E-state index contributed by atoms with van der Waals surface area (Å²) >= 11 is 3.31. The maximum atomic E-state index is 13.6. The average Bonchev–Trinajstić information content (AvgIpc) is 2.38. The molecule has 0 aliphatic rings. The predicted molar refractivity (Wildman–Crippen MR) is 73.5 cm³/mol. The number of carbonyl (C=O) groups excluding carboxylic acids is 1. The molecule has 0 amide bonds. The van der Waals surface area contributed by atoms with E-state index in [4.69, 9.17) is 0 Å².